The number of rotatable bonds is 3. The van der Waals surface area contributed by atoms with Gasteiger partial charge in [0, 0.05) is 5.75 Å². The number of nitrogens with one attached hydrogen (secondary N) is 1. The predicted octanol–water partition coefficient (Wildman–Crippen LogP) is 1.92. The largest absolute Gasteiger partial charge is 0.480 e. The van der Waals surface area contributed by atoms with E-state index in [0.29, 0.717) is 11.6 Å². The molecule has 2 atom stereocenters. The maximum Gasteiger partial charge on any atom is 0.327 e. The van der Waals surface area contributed by atoms with Crippen molar-refractivity contribution in [2.45, 2.75) is 19.0 Å². The molecule has 1 fully saturated rings. The second-order valence-electron chi connectivity index (χ2n) is 4.41. The summed E-state index contributed by atoms with van der Waals surface area (Å²) in [5.74, 6) is -0.0835. The molecule has 2 amide bonds. The highest BCUT2D eigenvalue weighted by molar-refractivity contribution is 7.99. The lowest BCUT2D eigenvalue weighted by Gasteiger charge is -2.23. The van der Waals surface area contributed by atoms with Crippen molar-refractivity contribution in [3.63, 3.8) is 0 Å². The SMILES string of the molecule is CC(NC(=O)N1CSCC1C(=O)O)c1ccccc1. The number of hydrogen-bond donors (Lipinski definition) is 2. The highest BCUT2D eigenvalue weighted by Crippen LogP contribution is 2.22. The number of carbonyl (C=O) groups is 2. The number of aliphatic carboxylic acids is 1. The molecule has 5 nitrogen and oxygen atoms in total. The van der Waals surface area contributed by atoms with Gasteiger partial charge in [-0.1, -0.05) is 30.3 Å². The Kier molecular flexibility index (Phi) is 4.31. The third-order valence-corrected chi connectivity index (χ3v) is 4.08. The van der Waals surface area contributed by atoms with Crippen molar-refractivity contribution < 1.29 is 14.7 Å². The molecule has 1 aliphatic heterocycles. The summed E-state index contributed by atoms with van der Waals surface area (Å²) < 4.78 is 0. The third kappa shape index (κ3) is 3.20. The van der Waals surface area contributed by atoms with E-state index in [1.54, 1.807) is 0 Å². The molecule has 1 aromatic rings. The molecule has 19 heavy (non-hydrogen) atoms. The Labute approximate surface area is 116 Å². The van der Waals surface area contributed by atoms with Gasteiger partial charge in [-0.2, -0.15) is 0 Å². The fraction of sp³-hybridized carbons (Fsp3) is 0.385. The van der Waals surface area contributed by atoms with Crippen LogP contribution in [0.25, 0.3) is 0 Å². The number of benzene rings is 1. The first-order chi connectivity index (χ1) is 9.09. The van der Waals surface area contributed by atoms with Crippen LogP contribution in [0.1, 0.15) is 18.5 Å². The second-order valence-corrected chi connectivity index (χ2v) is 5.41. The Balaban J connectivity index is 1.99. The molecule has 0 aliphatic carbocycles. The van der Waals surface area contributed by atoms with E-state index in [9.17, 15) is 9.59 Å². The lowest BCUT2D eigenvalue weighted by Crippen LogP contribution is -2.47. The van der Waals surface area contributed by atoms with Crippen molar-refractivity contribution in [3.05, 3.63) is 35.9 Å². The number of carboxylic acid groups (broad SMARTS) is 1. The molecule has 2 unspecified atom stereocenters. The minimum absolute atomic E-state index is 0.145. The number of nitrogens with zero attached hydrogens (tertiary/aromatic N) is 1. The highest BCUT2D eigenvalue weighted by atomic mass is 32.2. The predicted molar refractivity (Wildman–Crippen MR) is 74.0 cm³/mol. The number of amides is 2. The lowest BCUT2D eigenvalue weighted by atomic mass is 10.1. The van der Waals surface area contributed by atoms with Crippen molar-refractivity contribution in [1.29, 1.82) is 0 Å². The summed E-state index contributed by atoms with van der Waals surface area (Å²) in [5, 5.41) is 11.9. The van der Waals surface area contributed by atoms with Crippen LogP contribution in [-0.2, 0) is 4.79 Å². The van der Waals surface area contributed by atoms with Gasteiger partial charge in [-0.05, 0) is 12.5 Å². The first-order valence-corrected chi connectivity index (χ1v) is 7.17. The van der Waals surface area contributed by atoms with Crippen LogP contribution in [0, 0.1) is 0 Å². The van der Waals surface area contributed by atoms with Crippen molar-refractivity contribution in [2.75, 3.05) is 11.6 Å². The van der Waals surface area contributed by atoms with Gasteiger partial charge in [0.2, 0.25) is 0 Å². The Morgan fingerprint density at radius 1 is 1.42 bits per heavy atom. The average molecular weight is 280 g/mol. The second kappa shape index (κ2) is 5.97. The number of carboxylic acids is 1. The first kappa shape index (κ1) is 13.7. The molecule has 1 aliphatic rings. The van der Waals surface area contributed by atoms with Gasteiger partial charge in [-0.25, -0.2) is 9.59 Å². The van der Waals surface area contributed by atoms with Crippen LogP contribution in [0.4, 0.5) is 4.79 Å². The molecule has 0 radical (unpaired) electrons. The van der Waals surface area contributed by atoms with Crippen LogP contribution in [0.15, 0.2) is 30.3 Å². The van der Waals surface area contributed by atoms with Crippen LogP contribution in [0.5, 0.6) is 0 Å². The van der Waals surface area contributed by atoms with Gasteiger partial charge < -0.3 is 15.3 Å². The fourth-order valence-corrected chi connectivity index (χ4v) is 3.09. The quantitative estimate of drug-likeness (QED) is 0.887. The molecular weight excluding hydrogens is 264 g/mol. The van der Waals surface area contributed by atoms with E-state index in [-0.39, 0.29) is 12.1 Å². The number of hydrogen-bond acceptors (Lipinski definition) is 3. The summed E-state index contributed by atoms with van der Waals surface area (Å²) in [6.45, 7) is 1.88. The molecule has 0 aromatic heterocycles. The lowest BCUT2D eigenvalue weighted by molar-refractivity contribution is -0.140. The molecule has 2 N–H and O–H groups in total. The minimum Gasteiger partial charge on any atom is -0.480 e. The fourth-order valence-electron chi connectivity index (χ4n) is 1.94. The van der Waals surface area contributed by atoms with Crippen LogP contribution in [0.3, 0.4) is 0 Å². The monoisotopic (exact) mass is 280 g/mol. The van der Waals surface area contributed by atoms with Crippen LogP contribution in [0.2, 0.25) is 0 Å². The Morgan fingerprint density at radius 2 is 2.11 bits per heavy atom. The van der Waals surface area contributed by atoms with Crippen molar-refractivity contribution >= 4 is 23.8 Å². The summed E-state index contributed by atoms with van der Waals surface area (Å²) in [7, 11) is 0. The topological polar surface area (TPSA) is 69.6 Å². The van der Waals surface area contributed by atoms with Crippen molar-refractivity contribution in [1.82, 2.24) is 10.2 Å². The van der Waals surface area contributed by atoms with Gasteiger partial charge in [-0.3, -0.25) is 0 Å². The molecule has 0 bridgehead atoms. The maximum atomic E-state index is 12.1. The van der Waals surface area contributed by atoms with Gasteiger partial charge in [0.1, 0.15) is 6.04 Å². The zero-order valence-corrected chi connectivity index (χ0v) is 11.4. The van der Waals surface area contributed by atoms with Gasteiger partial charge in [-0.15, -0.1) is 11.8 Å². The van der Waals surface area contributed by atoms with Gasteiger partial charge in [0.15, 0.2) is 0 Å². The van der Waals surface area contributed by atoms with Crippen LogP contribution in [-0.4, -0.2) is 39.7 Å². The highest BCUT2D eigenvalue weighted by Gasteiger charge is 2.34. The van der Waals surface area contributed by atoms with E-state index < -0.39 is 12.0 Å². The molecule has 0 saturated carbocycles. The normalized spacial score (nSPS) is 20.1. The molecule has 1 heterocycles. The summed E-state index contributed by atoms with van der Waals surface area (Å²) in [4.78, 5) is 24.5. The van der Waals surface area contributed by atoms with E-state index in [1.807, 2.05) is 37.3 Å². The molecule has 1 saturated heterocycles. The van der Waals surface area contributed by atoms with Gasteiger partial charge in [0.05, 0.1) is 11.9 Å². The molecule has 2 rings (SSSR count). The summed E-state index contributed by atoms with van der Waals surface area (Å²) in [6.07, 6.45) is 0. The smallest absolute Gasteiger partial charge is 0.327 e. The molecule has 1 aromatic carbocycles. The van der Waals surface area contributed by atoms with E-state index in [0.717, 1.165) is 5.56 Å². The van der Waals surface area contributed by atoms with Crippen LogP contribution < -0.4 is 5.32 Å². The Bertz CT molecular complexity index is 466. The standard InChI is InChI=1S/C13H16N2O3S/c1-9(10-5-3-2-4-6-10)14-13(18)15-8-19-7-11(15)12(16)17/h2-6,9,11H,7-8H2,1H3,(H,14,18)(H,16,17). The van der Waals surface area contributed by atoms with E-state index >= 15 is 0 Å². The van der Waals surface area contributed by atoms with E-state index in [4.69, 9.17) is 5.11 Å². The number of urea groups is 1. The van der Waals surface area contributed by atoms with Crippen molar-refractivity contribution in [2.24, 2.45) is 0 Å². The zero-order valence-electron chi connectivity index (χ0n) is 10.6. The Morgan fingerprint density at radius 3 is 2.74 bits per heavy atom. The molecular formula is C13H16N2O3S. The van der Waals surface area contributed by atoms with Crippen molar-refractivity contribution in [3.8, 4) is 0 Å². The summed E-state index contributed by atoms with van der Waals surface area (Å²) >= 11 is 1.45. The van der Waals surface area contributed by atoms with Crippen LogP contribution >= 0.6 is 11.8 Å². The number of carbonyl (C=O) groups excluding carboxylic acids is 1. The third-order valence-electron chi connectivity index (χ3n) is 3.07. The summed E-state index contributed by atoms with van der Waals surface area (Å²) in [5.41, 5.74) is 0.995. The van der Waals surface area contributed by atoms with Gasteiger partial charge in [0.25, 0.3) is 0 Å². The molecule has 0 spiro atoms. The van der Waals surface area contributed by atoms with Gasteiger partial charge >= 0.3 is 12.0 Å². The Hall–Kier alpha value is -1.69. The zero-order chi connectivity index (χ0) is 13.8. The first-order valence-electron chi connectivity index (χ1n) is 6.02. The van der Waals surface area contributed by atoms with E-state index in [1.165, 1.54) is 16.7 Å². The number of thioether (sulfide) groups is 1. The molecule has 6 heteroatoms. The minimum atomic E-state index is -0.951. The van der Waals surface area contributed by atoms with E-state index in [2.05, 4.69) is 5.32 Å². The maximum absolute atomic E-state index is 12.1. The molecule has 102 valence electrons. The average Bonchev–Trinajstić information content (AvgIpc) is 2.89. The summed E-state index contributed by atoms with van der Waals surface area (Å²) in [6, 6.07) is 8.38.